The second-order valence-electron chi connectivity index (χ2n) is 6.98. The number of nitrogens with one attached hydrogen (secondary N) is 1. The maximum atomic E-state index is 5.84. The first-order valence-corrected chi connectivity index (χ1v) is 9.07. The van der Waals surface area contributed by atoms with Gasteiger partial charge in [0.1, 0.15) is 0 Å². The van der Waals surface area contributed by atoms with E-state index < -0.39 is 0 Å². The summed E-state index contributed by atoms with van der Waals surface area (Å²) in [6.45, 7) is 7.74. The van der Waals surface area contributed by atoms with Crippen molar-refractivity contribution in [3.8, 4) is 22.8 Å². The van der Waals surface area contributed by atoms with Crippen LogP contribution in [-0.4, -0.2) is 53.6 Å². The zero-order chi connectivity index (χ0) is 17.2. The van der Waals surface area contributed by atoms with E-state index in [0.717, 1.165) is 55.4 Å². The summed E-state index contributed by atoms with van der Waals surface area (Å²) >= 11 is 0. The number of nitrogens with zero attached hydrogens (tertiary/aromatic N) is 3. The minimum absolute atomic E-state index is 0.534. The standard InChI is InChI=1S/C19H26N4O2/c1-14-11-23(7-6-20-14)13-16-12-22(2)21-19(16)15-4-5-17-18(10-15)25-9-3-8-24-17/h4-5,10,12,14,20H,3,6-9,11,13H2,1-2H3. The molecule has 1 unspecified atom stereocenters. The number of piperazine rings is 1. The number of benzene rings is 1. The Morgan fingerprint density at radius 2 is 2.08 bits per heavy atom. The van der Waals surface area contributed by atoms with Gasteiger partial charge in [0.25, 0.3) is 0 Å². The lowest BCUT2D eigenvalue weighted by Crippen LogP contribution is -2.48. The van der Waals surface area contributed by atoms with E-state index in [2.05, 4.69) is 35.5 Å². The zero-order valence-electron chi connectivity index (χ0n) is 15.0. The summed E-state index contributed by atoms with van der Waals surface area (Å²) in [4.78, 5) is 2.49. The molecule has 0 aliphatic carbocycles. The minimum atomic E-state index is 0.534. The van der Waals surface area contributed by atoms with Crippen LogP contribution in [0.5, 0.6) is 11.5 Å². The van der Waals surface area contributed by atoms with Crippen molar-refractivity contribution in [3.05, 3.63) is 30.0 Å². The molecule has 134 valence electrons. The molecule has 1 atom stereocenters. The third kappa shape index (κ3) is 3.65. The van der Waals surface area contributed by atoms with Gasteiger partial charge in [-0.3, -0.25) is 9.58 Å². The van der Waals surface area contributed by atoms with Gasteiger partial charge in [0, 0.05) is 63.0 Å². The Morgan fingerprint density at radius 3 is 2.92 bits per heavy atom. The minimum Gasteiger partial charge on any atom is -0.490 e. The first kappa shape index (κ1) is 16.4. The molecule has 3 heterocycles. The van der Waals surface area contributed by atoms with Crippen LogP contribution in [0.25, 0.3) is 11.3 Å². The smallest absolute Gasteiger partial charge is 0.161 e. The number of aromatic nitrogens is 2. The Balaban J connectivity index is 1.61. The summed E-state index contributed by atoms with van der Waals surface area (Å²) in [7, 11) is 1.98. The van der Waals surface area contributed by atoms with Crippen LogP contribution >= 0.6 is 0 Å². The summed E-state index contributed by atoms with van der Waals surface area (Å²) in [5, 5.41) is 8.21. The lowest BCUT2D eigenvalue weighted by Gasteiger charge is -2.31. The molecule has 4 rings (SSSR count). The molecule has 0 spiro atoms. The first-order valence-electron chi connectivity index (χ1n) is 9.07. The number of aryl methyl sites for hydroxylation is 1. The fourth-order valence-corrected chi connectivity index (χ4v) is 3.60. The Bertz CT molecular complexity index is 743. The molecule has 0 radical (unpaired) electrons. The second-order valence-corrected chi connectivity index (χ2v) is 6.98. The molecule has 0 saturated carbocycles. The summed E-state index contributed by atoms with van der Waals surface area (Å²) in [6, 6.07) is 6.68. The van der Waals surface area contributed by atoms with Gasteiger partial charge < -0.3 is 14.8 Å². The van der Waals surface area contributed by atoms with Gasteiger partial charge in [0.2, 0.25) is 0 Å². The van der Waals surface area contributed by atoms with E-state index in [1.807, 2.05) is 17.8 Å². The highest BCUT2D eigenvalue weighted by Gasteiger charge is 2.20. The van der Waals surface area contributed by atoms with E-state index in [1.54, 1.807) is 0 Å². The molecule has 1 N–H and O–H groups in total. The van der Waals surface area contributed by atoms with Crippen molar-refractivity contribution in [2.45, 2.75) is 25.9 Å². The van der Waals surface area contributed by atoms with Crippen LogP contribution in [-0.2, 0) is 13.6 Å². The van der Waals surface area contributed by atoms with Crippen molar-refractivity contribution in [2.24, 2.45) is 7.05 Å². The highest BCUT2D eigenvalue weighted by molar-refractivity contribution is 5.66. The van der Waals surface area contributed by atoms with Crippen molar-refractivity contribution in [1.82, 2.24) is 20.0 Å². The summed E-state index contributed by atoms with van der Waals surface area (Å²) in [5.41, 5.74) is 3.37. The quantitative estimate of drug-likeness (QED) is 0.925. The van der Waals surface area contributed by atoms with Gasteiger partial charge in [-0.1, -0.05) is 0 Å². The molecule has 0 bridgehead atoms. The van der Waals surface area contributed by atoms with Gasteiger partial charge >= 0.3 is 0 Å². The van der Waals surface area contributed by atoms with E-state index in [1.165, 1.54) is 5.56 Å². The fourth-order valence-electron chi connectivity index (χ4n) is 3.60. The lowest BCUT2D eigenvalue weighted by molar-refractivity contribution is 0.200. The Kier molecular flexibility index (Phi) is 4.63. The summed E-state index contributed by atoms with van der Waals surface area (Å²) in [5.74, 6) is 1.65. The van der Waals surface area contributed by atoms with Crippen molar-refractivity contribution < 1.29 is 9.47 Å². The topological polar surface area (TPSA) is 51.6 Å². The monoisotopic (exact) mass is 342 g/mol. The van der Waals surface area contributed by atoms with Crippen LogP contribution in [0.1, 0.15) is 18.9 Å². The SMILES string of the molecule is CC1CN(Cc2cn(C)nc2-c2ccc3c(c2)OCCCO3)CCN1. The van der Waals surface area contributed by atoms with Crippen LogP contribution in [0.3, 0.4) is 0 Å². The molecular formula is C19H26N4O2. The van der Waals surface area contributed by atoms with Crippen LogP contribution in [0.4, 0.5) is 0 Å². The molecule has 2 aliphatic heterocycles. The van der Waals surface area contributed by atoms with Crippen molar-refractivity contribution in [3.63, 3.8) is 0 Å². The average molecular weight is 342 g/mol. The van der Waals surface area contributed by atoms with Gasteiger partial charge in [0.15, 0.2) is 11.5 Å². The van der Waals surface area contributed by atoms with Crippen molar-refractivity contribution >= 4 is 0 Å². The van der Waals surface area contributed by atoms with Gasteiger partial charge in [-0.15, -0.1) is 0 Å². The predicted molar refractivity (Wildman–Crippen MR) is 97.0 cm³/mol. The number of rotatable bonds is 3. The Hall–Kier alpha value is -2.05. The zero-order valence-corrected chi connectivity index (χ0v) is 15.0. The predicted octanol–water partition coefficient (Wildman–Crippen LogP) is 2.04. The van der Waals surface area contributed by atoms with E-state index in [0.29, 0.717) is 19.3 Å². The van der Waals surface area contributed by atoms with Crippen LogP contribution in [0.15, 0.2) is 24.4 Å². The number of ether oxygens (including phenoxy) is 2. The molecule has 1 aromatic heterocycles. The average Bonchev–Trinajstić information content (AvgIpc) is 2.81. The number of hydrogen-bond acceptors (Lipinski definition) is 5. The number of fused-ring (bicyclic) bond motifs is 1. The molecule has 0 amide bonds. The van der Waals surface area contributed by atoms with Gasteiger partial charge in [-0.05, 0) is 25.1 Å². The highest BCUT2D eigenvalue weighted by Crippen LogP contribution is 2.35. The van der Waals surface area contributed by atoms with Crippen molar-refractivity contribution in [2.75, 3.05) is 32.8 Å². The molecule has 1 fully saturated rings. The van der Waals surface area contributed by atoms with Crippen molar-refractivity contribution in [1.29, 1.82) is 0 Å². The fraction of sp³-hybridized carbons (Fsp3) is 0.526. The van der Waals surface area contributed by atoms with E-state index in [9.17, 15) is 0 Å². The molecule has 6 nitrogen and oxygen atoms in total. The van der Waals surface area contributed by atoms with Crippen LogP contribution < -0.4 is 14.8 Å². The maximum absolute atomic E-state index is 5.84. The van der Waals surface area contributed by atoms with Gasteiger partial charge in [-0.2, -0.15) is 5.10 Å². The Morgan fingerprint density at radius 1 is 1.24 bits per heavy atom. The number of hydrogen-bond donors (Lipinski definition) is 1. The third-order valence-electron chi connectivity index (χ3n) is 4.77. The normalized spacial score (nSPS) is 21.1. The van der Waals surface area contributed by atoms with E-state index >= 15 is 0 Å². The van der Waals surface area contributed by atoms with Gasteiger partial charge in [-0.25, -0.2) is 0 Å². The molecule has 2 aliphatic rings. The highest BCUT2D eigenvalue weighted by atomic mass is 16.5. The van der Waals surface area contributed by atoms with Crippen LogP contribution in [0, 0.1) is 0 Å². The second kappa shape index (κ2) is 7.06. The van der Waals surface area contributed by atoms with Crippen LogP contribution in [0.2, 0.25) is 0 Å². The molecule has 25 heavy (non-hydrogen) atoms. The summed E-state index contributed by atoms with van der Waals surface area (Å²) in [6.07, 6.45) is 3.05. The molecule has 6 heteroatoms. The van der Waals surface area contributed by atoms with E-state index in [4.69, 9.17) is 14.6 Å². The largest absolute Gasteiger partial charge is 0.490 e. The lowest BCUT2D eigenvalue weighted by atomic mass is 10.1. The third-order valence-corrected chi connectivity index (χ3v) is 4.77. The molecule has 2 aromatic rings. The maximum Gasteiger partial charge on any atom is 0.161 e. The molecular weight excluding hydrogens is 316 g/mol. The molecule has 1 saturated heterocycles. The summed E-state index contributed by atoms with van der Waals surface area (Å²) < 4.78 is 13.5. The Labute approximate surface area is 148 Å². The van der Waals surface area contributed by atoms with Gasteiger partial charge in [0.05, 0.1) is 18.9 Å². The molecule has 1 aromatic carbocycles. The first-order chi connectivity index (χ1) is 12.2. The van der Waals surface area contributed by atoms with E-state index in [-0.39, 0.29) is 0 Å².